The first-order valence-corrected chi connectivity index (χ1v) is 2.52. The molecule has 0 fully saturated rings. The van der Waals surface area contributed by atoms with Crippen molar-refractivity contribution in [2.75, 3.05) is 6.54 Å². The van der Waals surface area contributed by atoms with Crippen LogP contribution in [0.5, 0.6) is 0 Å². The maximum absolute atomic E-state index is 9.90. The lowest BCUT2D eigenvalue weighted by Crippen LogP contribution is -2.16. The van der Waals surface area contributed by atoms with Gasteiger partial charge in [-0.1, -0.05) is 0 Å². The molecular weight excluding hydrogens is 126 g/mol. The Morgan fingerprint density at radius 3 is 2.88 bits per heavy atom. The fraction of sp³-hybridized carbons (Fsp3) is 0.400. The minimum Gasteiger partial charge on any atom is -0.342 e. The molecule has 0 atom stereocenters. The molecule has 0 aliphatic heterocycles. The molecule has 2 nitrogen and oxygen atoms in total. The molecule has 0 aliphatic carbocycles. The summed E-state index contributed by atoms with van der Waals surface area (Å²) in [6.45, 7) is 0.457. The summed E-state index contributed by atoms with van der Waals surface area (Å²) in [5, 5.41) is 1.78. The smallest absolute Gasteiger partial charge is 0.313 e. The second-order valence-corrected chi connectivity index (χ2v) is 1.50. The van der Waals surface area contributed by atoms with Crippen LogP contribution < -0.4 is 5.32 Å². The fourth-order valence-corrected chi connectivity index (χ4v) is 0.327. The van der Waals surface area contributed by atoms with Gasteiger partial charge in [0.15, 0.2) is 0 Å². The van der Waals surface area contributed by atoms with Crippen LogP contribution in [0.25, 0.3) is 0 Å². The van der Waals surface area contributed by atoms with Gasteiger partial charge in [-0.15, -0.1) is 12.3 Å². The summed E-state index contributed by atoms with van der Waals surface area (Å²) in [4.78, 5) is 9.90. The van der Waals surface area contributed by atoms with Gasteiger partial charge in [0.25, 0.3) is 0 Å². The summed E-state index contributed by atoms with van der Waals surface area (Å²) >= 11 is 4.89. The number of carbonyl (C=O) groups is 1. The van der Waals surface area contributed by atoms with Crippen molar-refractivity contribution >= 4 is 17.0 Å². The summed E-state index contributed by atoms with van der Waals surface area (Å²) in [6, 6.07) is 0. The molecule has 0 heterocycles. The predicted molar refractivity (Wildman–Crippen MR) is 32.7 cm³/mol. The van der Waals surface area contributed by atoms with E-state index in [-0.39, 0.29) is 0 Å². The van der Waals surface area contributed by atoms with E-state index >= 15 is 0 Å². The zero-order valence-electron chi connectivity index (χ0n) is 4.28. The quantitative estimate of drug-likeness (QED) is 0.257. The second kappa shape index (κ2) is 4.48. The predicted octanol–water partition coefficient (Wildman–Crippen LogP) is 0.958. The monoisotopic (exact) mass is 131 g/mol. The van der Waals surface area contributed by atoms with Crippen LogP contribution in [-0.4, -0.2) is 11.9 Å². The van der Waals surface area contributed by atoms with Crippen molar-refractivity contribution in [3.05, 3.63) is 0 Å². The largest absolute Gasteiger partial charge is 0.342 e. The van der Waals surface area contributed by atoms with Crippen molar-refractivity contribution in [3.63, 3.8) is 0 Å². The number of hydrogen-bond acceptors (Lipinski definition) is 1. The number of amides is 1. The summed E-state index contributed by atoms with van der Waals surface area (Å²) in [5.41, 5.74) is 0. The first-order chi connectivity index (χ1) is 3.77. The highest BCUT2D eigenvalue weighted by molar-refractivity contribution is 6.62. The number of carbonyl (C=O) groups excluding carboxylic acids is 1. The Labute approximate surface area is 53.2 Å². The average Bonchev–Trinajstić information content (AvgIpc) is 1.66. The van der Waals surface area contributed by atoms with Gasteiger partial charge >= 0.3 is 5.37 Å². The average molecular weight is 132 g/mol. The van der Waals surface area contributed by atoms with Crippen LogP contribution in [0.4, 0.5) is 4.79 Å². The third-order valence-electron chi connectivity index (χ3n) is 0.533. The highest BCUT2D eigenvalue weighted by Gasteiger charge is 1.87. The number of halogens is 1. The lowest BCUT2D eigenvalue weighted by atomic mass is 10.4. The summed E-state index contributed by atoms with van der Waals surface area (Å²) in [6.07, 6.45) is 5.40. The molecular formula is C5H6ClNO. The number of nitrogens with one attached hydrogen (secondary N) is 1. The van der Waals surface area contributed by atoms with Gasteiger partial charge in [0, 0.05) is 13.0 Å². The minimum absolute atomic E-state index is 0.457. The van der Waals surface area contributed by atoms with E-state index in [1.807, 2.05) is 0 Å². The van der Waals surface area contributed by atoms with Crippen molar-refractivity contribution in [1.29, 1.82) is 0 Å². The summed E-state index contributed by atoms with van der Waals surface area (Å²) in [5.74, 6) is 2.35. The third kappa shape index (κ3) is 5.32. The topological polar surface area (TPSA) is 29.1 Å². The zero-order chi connectivity index (χ0) is 6.41. The molecule has 0 saturated heterocycles. The summed E-state index contributed by atoms with van der Waals surface area (Å²) in [7, 11) is 0. The lowest BCUT2D eigenvalue weighted by Gasteiger charge is -1.91. The molecule has 44 valence electrons. The fourth-order valence-electron chi connectivity index (χ4n) is 0.233. The number of terminal acetylenes is 1. The summed E-state index contributed by atoms with van der Waals surface area (Å²) < 4.78 is 0. The van der Waals surface area contributed by atoms with E-state index in [0.29, 0.717) is 13.0 Å². The molecule has 1 N–H and O–H groups in total. The molecule has 3 heteroatoms. The molecule has 0 spiro atoms. The molecule has 0 bridgehead atoms. The molecule has 0 radical (unpaired) electrons. The Morgan fingerprint density at radius 1 is 1.88 bits per heavy atom. The van der Waals surface area contributed by atoms with Crippen molar-refractivity contribution < 1.29 is 4.79 Å². The van der Waals surface area contributed by atoms with Crippen molar-refractivity contribution in [1.82, 2.24) is 5.32 Å². The number of hydrogen-bond donors (Lipinski definition) is 1. The highest BCUT2D eigenvalue weighted by atomic mass is 35.5. The molecule has 0 aromatic rings. The Bertz CT molecular complexity index is 116. The molecule has 8 heavy (non-hydrogen) atoms. The molecule has 0 rings (SSSR count). The van der Waals surface area contributed by atoms with E-state index in [2.05, 4.69) is 11.2 Å². The molecule has 0 saturated carbocycles. The molecule has 0 aromatic heterocycles. The van der Waals surface area contributed by atoms with E-state index in [1.165, 1.54) is 0 Å². The Hall–Kier alpha value is -0.680. The zero-order valence-corrected chi connectivity index (χ0v) is 5.03. The van der Waals surface area contributed by atoms with Crippen LogP contribution in [0, 0.1) is 12.3 Å². The van der Waals surface area contributed by atoms with Crippen molar-refractivity contribution in [3.8, 4) is 12.3 Å². The standard InChI is InChI=1S/C5H6ClNO/c1-2-3-4-7-5(6)8/h1H,3-4H2,(H,7,8). The molecule has 0 aromatic carbocycles. The van der Waals surface area contributed by atoms with E-state index in [4.69, 9.17) is 18.0 Å². The maximum Gasteiger partial charge on any atom is 0.313 e. The maximum atomic E-state index is 9.90. The van der Waals surface area contributed by atoms with Crippen LogP contribution in [-0.2, 0) is 0 Å². The van der Waals surface area contributed by atoms with Crippen LogP contribution in [0.1, 0.15) is 6.42 Å². The van der Waals surface area contributed by atoms with E-state index in [1.54, 1.807) is 0 Å². The van der Waals surface area contributed by atoms with Crippen molar-refractivity contribution in [2.24, 2.45) is 0 Å². The number of rotatable bonds is 2. The van der Waals surface area contributed by atoms with Gasteiger partial charge in [0.1, 0.15) is 0 Å². The van der Waals surface area contributed by atoms with Crippen LogP contribution in [0.15, 0.2) is 0 Å². The Morgan fingerprint density at radius 2 is 2.50 bits per heavy atom. The highest BCUT2D eigenvalue weighted by Crippen LogP contribution is 1.76. The van der Waals surface area contributed by atoms with E-state index < -0.39 is 5.37 Å². The van der Waals surface area contributed by atoms with Gasteiger partial charge in [-0.25, -0.2) is 0 Å². The van der Waals surface area contributed by atoms with Gasteiger partial charge in [-0.05, 0) is 11.6 Å². The molecule has 0 aliphatic rings. The van der Waals surface area contributed by atoms with Crippen LogP contribution in [0.3, 0.4) is 0 Å². The normalized spacial score (nSPS) is 7.50. The third-order valence-corrected chi connectivity index (χ3v) is 0.667. The van der Waals surface area contributed by atoms with Gasteiger partial charge in [-0.2, -0.15) is 0 Å². The Balaban J connectivity index is 2.97. The van der Waals surface area contributed by atoms with E-state index in [0.717, 1.165) is 0 Å². The lowest BCUT2D eigenvalue weighted by molar-refractivity contribution is 0.260. The molecule has 0 unspecified atom stereocenters. The minimum atomic E-state index is -0.555. The first-order valence-electron chi connectivity index (χ1n) is 2.14. The van der Waals surface area contributed by atoms with Gasteiger partial charge in [-0.3, -0.25) is 4.79 Å². The van der Waals surface area contributed by atoms with Gasteiger partial charge in [0.05, 0.1) is 0 Å². The second-order valence-electron chi connectivity index (χ2n) is 1.15. The Kier molecular flexibility index (Phi) is 4.10. The van der Waals surface area contributed by atoms with E-state index in [9.17, 15) is 4.79 Å². The van der Waals surface area contributed by atoms with Crippen LogP contribution >= 0.6 is 11.6 Å². The van der Waals surface area contributed by atoms with Crippen molar-refractivity contribution in [2.45, 2.75) is 6.42 Å². The van der Waals surface area contributed by atoms with Gasteiger partial charge in [0.2, 0.25) is 0 Å². The first kappa shape index (κ1) is 7.32. The molecule has 1 amide bonds. The van der Waals surface area contributed by atoms with Crippen LogP contribution in [0.2, 0.25) is 0 Å². The van der Waals surface area contributed by atoms with Gasteiger partial charge < -0.3 is 5.32 Å². The SMILES string of the molecule is C#CCCNC(=O)Cl.